The summed E-state index contributed by atoms with van der Waals surface area (Å²) in [5.41, 5.74) is 1.96. The van der Waals surface area contributed by atoms with Crippen LogP contribution in [0.4, 0.5) is 16.8 Å². The second-order valence-electron chi connectivity index (χ2n) is 8.19. The number of piperidine rings is 1. The van der Waals surface area contributed by atoms with Gasteiger partial charge in [-0.2, -0.15) is 0 Å². The van der Waals surface area contributed by atoms with E-state index in [1.165, 1.54) is 0 Å². The van der Waals surface area contributed by atoms with Crippen molar-refractivity contribution < 1.29 is 13.2 Å². The molecule has 0 saturated carbocycles. The molecule has 3 aromatic rings. The maximum Gasteiger partial charge on any atom is 0.233 e. The second-order valence-corrected chi connectivity index (χ2v) is 10.9. The van der Waals surface area contributed by atoms with Gasteiger partial charge in [-0.3, -0.25) is 9.52 Å². The Labute approximate surface area is 197 Å². The number of hydrogen-bond donors (Lipinski definition) is 2. The molecule has 0 atom stereocenters. The van der Waals surface area contributed by atoms with Crippen molar-refractivity contribution in [2.45, 2.75) is 26.2 Å². The van der Waals surface area contributed by atoms with Gasteiger partial charge in [0.2, 0.25) is 15.9 Å². The van der Waals surface area contributed by atoms with Gasteiger partial charge in [0, 0.05) is 31.9 Å². The number of rotatable bonds is 7. The van der Waals surface area contributed by atoms with Gasteiger partial charge >= 0.3 is 0 Å². The monoisotopic (exact) mass is 486 g/mol. The molecule has 1 aliphatic rings. The lowest BCUT2D eigenvalue weighted by molar-refractivity contribution is -0.120. The lowest BCUT2D eigenvalue weighted by atomic mass is 9.93. The van der Waals surface area contributed by atoms with Gasteiger partial charge in [-0.15, -0.1) is 0 Å². The summed E-state index contributed by atoms with van der Waals surface area (Å²) in [6, 6.07) is 9.72. The minimum absolute atomic E-state index is 0.169. The highest BCUT2D eigenvalue weighted by atomic mass is 32.2. The third-order valence-electron chi connectivity index (χ3n) is 5.32. The molecule has 0 spiro atoms. The smallest absolute Gasteiger partial charge is 0.233 e. The molecule has 1 fully saturated rings. The van der Waals surface area contributed by atoms with Crippen molar-refractivity contribution >= 4 is 44.0 Å². The highest BCUT2D eigenvalue weighted by molar-refractivity contribution is 7.89. The van der Waals surface area contributed by atoms with Crippen LogP contribution in [0.3, 0.4) is 0 Å². The van der Waals surface area contributed by atoms with Crippen LogP contribution in [-0.4, -0.2) is 48.6 Å². The zero-order valence-electron chi connectivity index (χ0n) is 18.5. The third kappa shape index (κ3) is 6.48. The normalized spacial score (nSPS) is 14.8. The van der Waals surface area contributed by atoms with E-state index >= 15 is 0 Å². The van der Waals surface area contributed by atoms with Gasteiger partial charge in [0.05, 0.1) is 16.8 Å². The molecule has 0 bridgehead atoms. The Balaban J connectivity index is 1.36. The number of thiazole rings is 1. The van der Waals surface area contributed by atoms with Crippen molar-refractivity contribution in [3.05, 3.63) is 48.3 Å². The van der Waals surface area contributed by atoms with E-state index in [0.717, 1.165) is 59.3 Å². The number of hydrogen-bond acceptors (Lipinski definition) is 9. The van der Waals surface area contributed by atoms with Gasteiger partial charge in [0.25, 0.3) is 0 Å². The molecule has 1 saturated heterocycles. The van der Waals surface area contributed by atoms with Crippen LogP contribution in [0.15, 0.2) is 42.7 Å². The number of anilines is 3. The lowest BCUT2D eigenvalue weighted by Gasteiger charge is -2.31. The van der Waals surface area contributed by atoms with E-state index < -0.39 is 15.9 Å². The SMILES string of the molecule is Cc1ccnc(Nc2cccc(-c3cnc(N4CCC(CC(=O)NS(C)(=O)=O)CC4)s3)n2)c1. The van der Waals surface area contributed by atoms with E-state index in [1.807, 2.05) is 48.2 Å². The first kappa shape index (κ1) is 23.1. The highest BCUT2D eigenvalue weighted by Gasteiger charge is 2.24. The summed E-state index contributed by atoms with van der Waals surface area (Å²) in [5.74, 6) is 1.20. The Morgan fingerprint density at radius 1 is 1.18 bits per heavy atom. The van der Waals surface area contributed by atoms with E-state index in [9.17, 15) is 13.2 Å². The van der Waals surface area contributed by atoms with Gasteiger partial charge in [0.1, 0.15) is 11.6 Å². The van der Waals surface area contributed by atoms with E-state index in [4.69, 9.17) is 4.98 Å². The molecule has 0 radical (unpaired) electrons. The van der Waals surface area contributed by atoms with Crippen molar-refractivity contribution in [1.29, 1.82) is 0 Å². The van der Waals surface area contributed by atoms with Crippen LogP contribution in [0, 0.1) is 12.8 Å². The number of aryl methyl sites for hydroxylation is 1. The number of carbonyl (C=O) groups excluding carboxylic acids is 1. The Morgan fingerprint density at radius 2 is 1.97 bits per heavy atom. The van der Waals surface area contributed by atoms with Crippen molar-refractivity contribution in [3.8, 4) is 10.6 Å². The quantitative estimate of drug-likeness (QED) is 0.522. The predicted octanol–water partition coefficient (Wildman–Crippen LogP) is 3.33. The molecule has 33 heavy (non-hydrogen) atoms. The van der Waals surface area contributed by atoms with Gasteiger partial charge in [0.15, 0.2) is 5.13 Å². The summed E-state index contributed by atoms with van der Waals surface area (Å²) in [5, 5.41) is 4.16. The average molecular weight is 487 g/mol. The fourth-order valence-corrected chi connectivity index (χ4v) is 5.18. The molecule has 1 aliphatic heterocycles. The number of nitrogens with one attached hydrogen (secondary N) is 2. The molecule has 9 nitrogen and oxygen atoms in total. The van der Waals surface area contributed by atoms with E-state index in [-0.39, 0.29) is 12.3 Å². The molecule has 11 heteroatoms. The maximum absolute atomic E-state index is 11.9. The molecular weight excluding hydrogens is 460 g/mol. The molecule has 0 aromatic carbocycles. The first-order valence-electron chi connectivity index (χ1n) is 10.6. The van der Waals surface area contributed by atoms with Crippen molar-refractivity contribution in [2.24, 2.45) is 5.92 Å². The molecule has 4 heterocycles. The van der Waals surface area contributed by atoms with Crippen LogP contribution in [-0.2, 0) is 14.8 Å². The molecule has 1 amide bonds. The number of aromatic nitrogens is 3. The number of pyridine rings is 2. The van der Waals surface area contributed by atoms with Gasteiger partial charge in [-0.25, -0.2) is 23.4 Å². The van der Waals surface area contributed by atoms with Gasteiger partial charge in [-0.05, 0) is 55.5 Å². The lowest BCUT2D eigenvalue weighted by Crippen LogP contribution is -2.37. The Kier molecular flexibility index (Phi) is 6.89. The second kappa shape index (κ2) is 9.84. The summed E-state index contributed by atoms with van der Waals surface area (Å²) in [7, 11) is -3.51. The Bertz CT molecular complexity index is 1240. The standard InChI is InChI=1S/C22H26N6O3S2/c1-15-6-9-23-20(12-15)26-19-5-3-4-17(25-19)18-14-24-22(32-18)28-10-7-16(8-11-28)13-21(29)27-33(2,30)31/h3-6,9,12,14,16H,7-8,10-11,13H2,1-2H3,(H,27,29)(H,23,25,26). The number of carbonyl (C=O) groups is 1. The largest absolute Gasteiger partial charge is 0.348 e. The van der Waals surface area contributed by atoms with E-state index in [0.29, 0.717) is 5.82 Å². The summed E-state index contributed by atoms with van der Waals surface area (Å²) in [6.07, 6.45) is 6.44. The molecule has 4 rings (SSSR count). The Hall–Kier alpha value is -3.05. The van der Waals surface area contributed by atoms with Gasteiger partial charge in [-0.1, -0.05) is 17.4 Å². The third-order valence-corrected chi connectivity index (χ3v) is 7.00. The van der Waals surface area contributed by atoms with Crippen LogP contribution in [0.2, 0.25) is 0 Å². The molecule has 3 aromatic heterocycles. The molecule has 0 unspecified atom stereocenters. The fraction of sp³-hybridized carbons (Fsp3) is 0.364. The summed E-state index contributed by atoms with van der Waals surface area (Å²) in [6.45, 7) is 3.57. The van der Waals surface area contributed by atoms with E-state index in [2.05, 4.69) is 20.2 Å². The molecule has 0 aliphatic carbocycles. The fourth-order valence-electron chi connectivity index (χ4n) is 3.75. The minimum Gasteiger partial charge on any atom is -0.348 e. The van der Waals surface area contributed by atoms with Crippen LogP contribution < -0.4 is 14.9 Å². The molecular formula is C22H26N6O3S2. The average Bonchev–Trinajstić information content (AvgIpc) is 3.23. The van der Waals surface area contributed by atoms with Crippen LogP contribution >= 0.6 is 11.3 Å². The summed E-state index contributed by atoms with van der Waals surface area (Å²) < 4.78 is 24.5. The molecule has 174 valence electrons. The minimum atomic E-state index is -3.51. The predicted molar refractivity (Wildman–Crippen MR) is 130 cm³/mol. The van der Waals surface area contributed by atoms with Crippen molar-refractivity contribution in [2.75, 3.05) is 29.6 Å². The van der Waals surface area contributed by atoms with Crippen LogP contribution in [0.25, 0.3) is 10.6 Å². The summed E-state index contributed by atoms with van der Waals surface area (Å²) >= 11 is 1.58. The zero-order chi connectivity index (χ0) is 23.4. The highest BCUT2D eigenvalue weighted by Crippen LogP contribution is 2.33. The summed E-state index contributed by atoms with van der Waals surface area (Å²) in [4.78, 5) is 28.7. The zero-order valence-corrected chi connectivity index (χ0v) is 20.1. The Morgan fingerprint density at radius 3 is 2.70 bits per heavy atom. The van der Waals surface area contributed by atoms with Crippen molar-refractivity contribution in [1.82, 2.24) is 19.7 Å². The number of sulfonamides is 1. The number of amides is 1. The molecule has 2 N–H and O–H groups in total. The first-order chi connectivity index (χ1) is 15.7. The van der Waals surface area contributed by atoms with E-state index in [1.54, 1.807) is 17.5 Å². The van der Waals surface area contributed by atoms with Crippen LogP contribution in [0.5, 0.6) is 0 Å². The number of nitrogens with zero attached hydrogens (tertiary/aromatic N) is 4. The van der Waals surface area contributed by atoms with Crippen molar-refractivity contribution in [3.63, 3.8) is 0 Å². The van der Waals surface area contributed by atoms with Crippen LogP contribution in [0.1, 0.15) is 24.8 Å². The topological polar surface area (TPSA) is 117 Å². The first-order valence-corrected chi connectivity index (χ1v) is 13.3. The van der Waals surface area contributed by atoms with Gasteiger partial charge < -0.3 is 10.2 Å². The maximum atomic E-state index is 11.9.